The molecule has 1 aromatic rings. The molecule has 4 N–H and O–H groups in total. The molecule has 3 nitrogen and oxygen atoms in total. The Balaban J connectivity index is 1.68. The van der Waals surface area contributed by atoms with Crippen molar-refractivity contribution in [2.45, 2.75) is 50.7 Å². The summed E-state index contributed by atoms with van der Waals surface area (Å²) < 4.78 is 0. The summed E-state index contributed by atoms with van der Waals surface area (Å²) in [7, 11) is 0. The summed E-state index contributed by atoms with van der Waals surface area (Å²) >= 11 is 0. The second-order valence-corrected chi connectivity index (χ2v) is 5.20. The number of phenols is 1. The first kappa shape index (κ1) is 12.4. The lowest BCUT2D eigenvalue weighted by Crippen LogP contribution is -2.51. The molecule has 94 valence electrons. The van der Waals surface area contributed by atoms with Gasteiger partial charge in [0.05, 0.1) is 0 Å². The van der Waals surface area contributed by atoms with Crippen molar-refractivity contribution in [1.29, 1.82) is 0 Å². The van der Waals surface area contributed by atoms with E-state index in [1.807, 2.05) is 12.1 Å². The molecule has 0 bridgehead atoms. The van der Waals surface area contributed by atoms with E-state index in [4.69, 9.17) is 5.73 Å². The van der Waals surface area contributed by atoms with Crippen LogP contribution in [0, 0.1) is 0 Å². The number of phenolic OH excluding ortho intramolecular Hbond substituents is 1. The maximum absolute atomic E-state index is 9.19. The van der Waals surface area contributed by atoms with Gasteiger partial charge in [0.15, 0.2) is 0 Å². The van der Waals surface area contributed by atoms with E-state index >= 15 is 0 Å². The van der Waals surface area contributed by atoms with Crippen molar-refractivity contribution in [3.63, 3.8) is 0 Å². The minimum Gasteiger partial charge on any atom is -0.508 e. The summed E-state index contributed by atoms with van der Waals surface area (Å²) in [4.78, 5) is 0. The highest BCUT2D eigenvalue weighted by Crippen LogP contribution is 2.19. The number of nitrogens with one attached hydrogen (secondary N) is 1. The first-order valence-electron chi connectivity index (χ1n) is 6.43. The van der Waals surface area contributed by atoms with E-state index in [1.165, 1.54) is 5.56 Å². The van der Waals surface area contributed by atoms with E-state index in [1.54, 1.807) is 12.1 Å². The molecule has 3 heteroatoms. The van der Waals surface area contributed by atoms with Crippen LogP contribution in [0.5, 0.6) is 5.75 Å². The molecule has 1 aromatic carbocycles. The van der Waals surface area contributed by atoms with Gasteiger partial charge in [-0.15, -0.1) is 0 Å². The van der Waals surface area contributed by atoms with Crippen LogP contribution in [-0.2, 0) is 6.42 Å². The van der Waals surface area contributed by atoms with Gasteiger partial charge in [-0.2, -0.15) is 0 Å². The van der Waals surface area contributed by atoms with E-state index in [2.05, 4.69) is 12.2 Å². The smallest absolute Gasteiger partial charge is 0.115 e. The molecule has 1 aliphatic carbocycles. The largest absolute Gasteiger partial charge is 0.508 e. The third-order valence-electron chi connectivity index (χ3n) is 3.50. The third kappa shape index (κ3) is 3.72. The summed E-state index contributed by atoms with van der Waals surface area (Å²) in [5.41, 5.74) is 7.04. The molecule has 1 atom stereocenters. The monoisotopic (exact) mass is 234 g/mol. The van der Waals surface area contributed by atoms with Crippen molar-refractivity contribution >= 4 is 0 Å². The zero-order valence-electron chi connectivity index (χ0n) is 10.4. The number of hydrogen-bond acceptors (Lipinski definition) is 3. The van der Waals surface area contributed by atoms with Gasteiger partial charge >= 0.3 is 0 Å². The van der Waals surface area contributed by atoms with Crippen LogP contribution in [0.1, 0.15) is 31.7 Å². The molecule has 0 aliphatic heterocycles. The molecule has 0 radical (unpaired) electrons. The minimum absolute atomic E-state index is 0.336. The zero-order chi connectivity index (χ0) is 12.3. The van der Waals surface area contributed by atoms with Crippen LogP contribution in [0.2, 0.25) is 0 Å². The van der Waals surface area contributed by atoms with Gasteiger partial charge in [-0.05, 0) is 50.3 Å². The van der Waals surface area contributed by atoms with Crippen LogP contribution in [0.25, 0.3) is 0 Å². The summed E-state index contributed by atoms with van der Waals surface area (Å²) in [6, 6.07) is 9.04. The molecule has 0 amide bonds. The molecule has 0 saturated heterocycles. The van der Waals surface area contributed by atoms with Crippen molar-refractivity contribution in [3.05, 3.63) is 29.8 Å². The highest BCUT2D eigenvalue weighted by atomic mass is 16.3. The van der Waals surface area contributed by atoms with Crippen molar-refractivity contribution in [2.75, 3.05) is 0 Å². The Hall–Kier alpha value is -1.06. The van der Waals surface area contributed by atoms with E-state index < -0.39 is 0 Å². The molecular formula is C14H22N2O. The van der Waals surface area contributed by atoms with Crippen molar-refractivity contribution in [3.8, 4) is 5.75 Å². The molecular weight excluding hydrogens is 212 g/mol. The lowest BCUT2D eigenvalue weighted by Gasteiger charge is -2.35. The average molecular weight is 234 g/mol. The normalized spacial score (nSPS) is 25.3. The van der Waals surface area contributed by atoms with Gasteiger partial charge in [0.25, 0.3) is 0 Å². The number of benzene rings is 1. The Kier molecular flexibility index (Phi) is 4.02. The average Bonchev–Trinajstić information content (AvgIpc) is 2.26. The standard InChI is InChI=1S/C14H22N2O/c1-10(16-13-8-12(15)9-13)2-3-11-4-6-14(17)7-5-11/h4-7,10,12-13,16-17H,2-3,8-9,15H2,1H3. The molecule has 17 heavy (non-hydrogen) atoms. The molecule has 1 fully saturated rings. The van der Waals surface area contributed by atoms with Crippen molar-refractivity contribution in [2.24, 2.45) is 5.73 Å². The number of rotatable bonds is 5. The lowest BCUT2D eigenvalue weighted by molar-refractivity contribution is 0.267. The van der Waals surface area contributed by atoms with Gasteiger partial charge in [-0.3, -0.25) is 0 Å². The first-order valence-corrected chi connectivity index (χ1v) is 6.43. The quantitative estimate of drug-likeness (QED) is 0.728. The predicted molar refractivity (Wildman–Crippen MR) is 70.0 cm³/mol. The van der Waals surface area contributed by atoms with Crippen LogP contribution in [0.3, 0.4) is 0 Å². The Morgan fingerprint density at radius 2 is 2.00 bits per heavy atom. The van der Waals surface area contributed by atoms with Gasteiger partial charge in [0.2, 0.25) is 0 Å². The summed E-state index contributed by atoms with van der Waals surface area (Å²) in [6.07, 6.45) is 4.40. The highest BCUT2D eigenvalue weighted by Gasteiger charge is 2.26. The van der Waals surface area contributed by atoms with Crippen molar-refractivity contribution < 1.29 is 5.11 Å². The predicted octanol–water partition coefficient (Wildman–Crippen LogP) is 1.79. The first-order chi connectivity index (χ1) is 8.13. The Labute approximate surface area is 103 Å². The molecule has 0 aromatic heterocycles. The maximum atomic E-state index is 9.19. The highest BCUT2D eigenvalue weighted by molar-refractivity contribution is 5.25. The Bertz CT molecular complexity index is 344. The van der Waals surface area contributed by atoms with Crippen LogP contribution in [0.4, 0.5) is 0 Å². The van der Waals surface area contributed by atoms with E-state index in [-0.39, 0.29) is 0 Å². The summed E-state index contributed by atoms with van der Waals surface area (Å²) in [6.45, 7) is 2.23. The van der Waals surface area contributed by atoms with Crippen LogP contribution < -0.4 is 11.1 Å². The van der Waals surface area contributed by atoms with Crippen LogP contribution >= 0.6 is 0 Å². The van der Waals surface area contributed by atoms with Gasteiger partial charge < -0.3 is 16.2 Å². The second kappa shape index (κ2) is 5.52. The van der Waals surface area contributed by atoms with Gasteiger partial charge in [-0.1, -0.05) is 12.1 Å². The van der Waals surface area contributed by atoms with Gasteiger partial charge in [0, 0.05) is 18.1 Å². The minimum atomic E-state index is 0.336. The second-order valence-electron chi connectivity index (χ2n) is 5.20. The summed E-state index contributed by atoms with van der Waals surface area (Å²) in [5.74, 6) is 0.336. The fraction of sp³-hybridized carbons (Fsp3) is 0.571. The molecule has 1 aliphatic rings. The van der Waals surface area contributed by atoms with Crippen molar-refractivity contribution in [1.82, 2.24) is 5.32 Å². The zero-order valence-corrected chi connectivity index (χ0v) is 10.4. The number of hydrogen-bond donors (Lipinski definition) is 3. The van der Waals surface area contributed by atoms with E-state index in [0.29, 0.717) is 23.9 Å². The fourth-order valence-electron chi connectivity index (χ4n) is 2.33. The molecule has 1 unspecified atom stereocenters. The maximum Gasteiger partial charge on any atom is 0.115 e. The SMILES string of the molecule is CC(CCc1ccc(O)cc1)NC1CC(N)C1. The Morgan fingerprint density at radius 1 is 1.35 bits per heavy atom. The van der Waals surface area contributed by atoms with Gasteiger partial charge in [0.1, 0.15) is 5.75 Å². The van der Waals surface area contributed by atoms with Crippen LogP contribution in [0.15, 0.2) is 24.3 Å². The van der Waals surface area contributed by atoms with Gasteiger partial charge in [-0.25, -0.2) is 0 Å². The fourth-order valence-corrected chi connectivity index (χ4v) is 2.33. The molecule has 1 saturated carbocycles. The molecule has 2 rings (SSSR count). The number of aromatic hydroxyl groups is 1. The van der Waals surface area contributed by atoms with E-state index in [0.717, 1.165) is 25.7 Å². The van der Waals surface area contributed by atoms with E-state index in [9.17, 15) is 5.11 Å². The molecule has 0 spiro atoms. The molecule has 0 heterocycles. The number of nitrogens with two attached hydrogens (primary N) is 1. The number of aryl methyl sites for hydroxylation is 1. The summed E-state index contributed by atoms with van der Waals surface area (Å²) in [5, 5.41) is 12.8. The Morgan fingerprint density at radius 3 is 2.59 bits per heavy atom. The topological polar surface area (TPSA) is 58.3 Å². The lowest BCUT2D eigenvalue weighted by atomic mass is 9.87. The van der Waals surface area contributed by atoms with Crippen LogP contribution in [-0.4, -0.2) is 23.2 Å². The third-order valence-corrected chi connectivity index (χ3v) is 3.50.